The van der Waals surface area contributed by atoms with E-state index in [1.807, 2.05) is 24.3 Å². The lowest BCUT2D eigenvalue weighted by atomic mass is 10.0. The fourth-order valence-corrected chi connectivity index (χ4v) is 10.2. The molecule has 3 aromatic heterocycles. The molecule has 70 heavy (non-hydrogen) atoms. The number of hydrogen-bond acceptors (Lipinski definition) is 17. The molecule has 0 atom stereocenters. The summed E-state index contributed by atoms with van der Waals surface area (Å²) in [4.78, 5) is 9.06. The number of aromatic hydroxyl groups is 1. The van der Waals surface area contributed by atoms with Crippen molar-refractivity contribution in [3.63, 3.8) is 0 Å². The Bertz CT molecular complexity index is 3980. The fraction of sp³-hybridized carbons (Fsp3) is 0.128. The van der Waals surface area contributed by atoms with Gasteiger partial charge in [-0.15, -0.1) is 30.7 Å². The van der Waals surface area contributed by atoms with E-state index in [2.05, 4.69) is 57.7 Å². The molecule has 6 aromatic carbocycles. The average Bonchev–Trinajstić information content (AvgIpc) is 3.93. The Balaban J connectivity index is 1.11. The van der Waals surface area contributed by atoms with Crippen LogP contribution in [0.25, 0.3) is 49.5 Å². The molecule has 4 N–H and O–H groups in total. The van der Waals surface area contributed by atoms with E-state index in [1.54, 1.807) is 68.4 Å². The van der Waals surface area contributed by atoms with Crippen LogP contribution in [0, 0.1) is 25.2 Å². The zero-order valence-electron chi connectivity index (χ0n) is 36.5. The predicted octanol–water partition coefficient (Wildman–Crippen LogP) is 12.5. The van der Waals surface area contributed by atoms with E-state index >= 15 is 0 Å². The van der Waals surface area contributed by atoms with Crippen LogP contribution in [0.1, 0.15) is 28.7 Å². The number of rotatable bonds is 14. The van der Waals surface area contributed by atoms with Crippen molar-refractivity contribution >= 4 is 119 Å². The topological polar surface area (TPSA) is 287 Å². The quantitative estimate of drug-likeness (QED) is 0.0449. The van der Waals surface area contributed by atoms with E-state index in [4.69, 9.17) is 9.72 Å². The second kappa shape index (κ2) is 19.2. The number of aliphatic hydroxyl groups excluding tert-OH is 1. The number of nitriles is 1. The van der Waals surface area contributed by atoms with Gasteiger partial charge in [0.1, 0.15) is 33.7 Å². The van der Waals surface area contributed by atoms with Crippen LogP contribution in [-0.4, -0.2) is 62.9 Å². The van der Waals surface area contributed by atoms with Crippen molar-refractivity contribution in [1.82, 2.24) is 14.4 Å². The number of nitrogens with zero attached hydrogens (tertiary/aromatic N) is 10. The summed E-state index contributed by atoms with van der Waals surface area (Å²) in [6, 6.07) is 30.9. The first kappa shape index (κ1) is 47.6. The molecule has 0 aliphatic carbocycles. The van der Waals surface area contributed by atoms with Gasteiger partial charge in [-0.3, -0.25) is 13.5 Å². The van der Waals surface area contributed by atoms with Crippen molar-refractivity contribution in [2.45, 2.75) is 31.8 Å². The van der Waals surface area contributed by atoms with Gasteiger partial charge in [0, 0.05) is 27.1 Å². The van der Waals surface area contributed by atoms with Crippen LogP contribution in [0.2, 0.25) is 0 Å². The normalized spacial score (nSPS) is 12.5. The van der Waals surface area contributed by atoms with Gasteiger partial charge in [0.2, 0.25) is 11.0 Å². The molecule has 352 valence electrons. The Morgan fingerprint density at radius 2 is 1.60 bits per heavy atom. The third-order valence-electron chi connectivity index (χ3n) is 11.1. The van der Waals surface area contributed by atoms with E-state index in [-0.39, 0.29) is 75.0 Å². The summed E-state index contributed by atoms with van der Waals surface area (Å²) in [5.41, 5.74) is 4.86. The van der Waals surface area contributed by atoms with Gasteiger partial charge >= 0.3 is 0 Å². The molecule has 0 aliphatic heterocycles. The summed E-state index contributed by atoms with van der Waals surface area (Å²) < 4.78 is 74.8. The zero-order valence-corrected chi connectivity index (χ0v) is 40.6. The molecule has 19 nitrogen and oxygen atoms in total. The molecule has 0 amide bonds. The summed E-state index contributed by atoms with van der Waals surface area (Å²) in [5, 5.41) is 61.2. The highest BCUT2D eigenvalue weighted by atomic mass is 79.9. The molecule has 0 bridgehead atoms. The highest BCUT2D eigenvalue weighted by molar-refractivity contribution is 9.10. The average molecular weight is 1060 g/mol. The Morgan fingerprint density at radius 3 is 2.37 bits per heavy atom. The predicted molar refractivity (Wildman–Crippen MR) is 266 cm³/mol. The Kier molecular flexibility index (Phi) is 13.0. The SMILES string of the molecule is Cc1cc(N=Nc2c(C)c(C#N)c3nc4ccccc4n3c2O)c(OCCCS(=O)(=O)O)cc1N=Nc1nc(-c2ccc3c(Br)c(CO)ccc3c2)c(N=Nc2ccc3cccc(S(=O)(=O)O)c3c2)s1. The van der Waals surface area contributed by atoms with Gasteiger partial charge in [-0.2, -0.15) is 22.1 Å². The van der Waals surface area contributed by atoms with Gasteiger partial charge in [-0.1, -0.05) is 65.9 Å². The lowest BCUT2D eigenvalue weighted by Gasteiger charge is -2.11. The molecule has 0 saturated heterocycles. The molecule has 9 aromatic rings. The molecule has 0 spiro atoms. The number of para-hydroxylation sites is 2. The maximum Gasteiger partial charge on any atom is 0.295 e. The number of aliphatic hydroxyl groups is 1. The number of imidazole rings is 1. The first-order chi connectivity index (χ1) is 33.5. The maximum atomic E-state index is 12.2. The molecular formula is C47H35BrN10O9S3. The first-order valence-electron chi connectivity index (χ1n) is 20.9. The molecular weight excluding hydrogens is 1020 g/mol. The molecule has 3 heterocycles. The molecule has 0 radical (unpaired) electrons. The monoisotopic (exact) mass is 1060 g/mol. The van der Waals surface area contributed by atoms with Gasteiger partial charge in [0.15, 0.2) is 16.3 Å². The largest absolute Gasteiger partial charge is 0.493 e. The van der Waals surface area contributed by atoms with Crippen molar-refractivity contribution in [1.29, 1.82) is 5.26 Å². The number of halogens is 1. The highest BCUT2D eigenvalue weighted by Gasteiger charge is 2.22. The maximum absolute atomic E-state index is 12.2. The van der Waals surface area contributed by atoms with E-state index in [1.165, 1.54) is 28.7 Å². The van der Waals surface area contributed by atoms with Crippen molar-refractivity contribution in [2.24, 2.45) is 30.7 Å². The Hall–Kier alpha value is -7.43. The van der Waals surface area contributed by atoms with Crippen LogP contribution < -0.4 is 4.74 Å². The molecule has 0 saturated carbocycles. The van der Waals surface area contributed by atoms with Crippen LogP contribution in [0.5, 0.6) is 11.6 Å². The third kappa shape index (κ3) is 9.61. The smallest absolute Gasteiger partial charge is 0.295 e. The van der Waals surface area contributed by atoms with Gasteiger partial charge in [-0.05, 0) is 106 Å². The summed E-state index contributed by atoms with van der Waals surface area (Å²) >= 11 is 4.64. The number of pyridine rings is 1. The van der Waals surface area contributed by atoms with Crippen LogP contribution in [0.3, 0.4) is 0 Å². The van der Waals surface area contributed by atoms with E-state index in [9.17, 15) is 41.4 Å². The van der Waals surface area contributed by atoms with E-state index in [0.717, 1.165) is 26.6 Å². The summed E-state index contributed by atoms with van der Waals surface area (Å²) in [6.45, 7) is 3.02. The minimum Gasteiger partial charge on any atom is -0.493 e. The van der Waals surface area contributed by atoms with Crippen LogP contribution in [0.15, 0.2) is 143 Å². The van der Waals surface area contributed by atoms with Gasteiger partial charge in [0.25, 0.3) is 20.2 Å². The summed E-state index contributed by atoms with van der Waals surface area (Å²) in [6.07, 6.45) is -0.0790. The second-order valence-corrected chi connectivity index (χ2v) is 20.4. The Labute approximate surface area is 410 Å². The van der Waals surface area contributed by atoms with Gasteiger partial charge in [-0.25, -0.2) is 9.97 Å². The van der Waals surface area contributed by atoms with E-state index in [0.29, 0.717) is 55.1 Å². The molecule has 0 aliphatic rings. The molecule has 9 rings (SSSR count). The minimum absolute atomic E-state index is 0.00380. The highest BCUT2D eigenvalue weighted by Crippen LogP contribution is 2.44. The number of hydrogen-bond donors (Lipinski definition) is 4. The van der Waals surface area contributed by atoms with Crippen molar-refractivity contribution in [3.05, 3.63) is 130 Å². The van der Waals surface area contributed by atoms with Crippen molar-refractivity contribution in [3.8, 4) is 29.0 Å². The van der Waals surface area contributed by atoms with Crippen molar-refractivity contribution < 1.29 is 40.9 Å². The fourth-order valence-electron chi connectivity index (χ4n) is 7.64. The zero-order chi connectivity index (χ0) is 49.5. The molecule has 0 unspecified atom stereocenters. The number of azo groups is 3. The van der Waals surface area contributed by atoms with Crippen molar-refractivity contribution in [2.75, 3.05) is 12.4 Å². The number of fused-ring (bicyclic) bond motifs is 5. The number of benzene rings is 6. The number of aryl methyl sites for hydroxylation is 1. The number of thiazole rings is 1. The number of aromatic nitrogens is 3. The second-order valence-electron chi connectivity index (χ2n) is 15.7. The van der Waals surface area contributed by atoms with Gasteiger partial charge in [0.05, 0.1) is 41.4 Å². The summed E-state index contributed by atoms with van der Waals surface area (Å²) in [7, 11) is -8.84. The number of ether oxygens (including phenoxy) is 1. The van der Waals surface area contributed by atoms with Crippen LogP contribution in [-0.2, 0) is 26.8 Å². The standard InChI is InChI=1S/C47H35BrN10O9S3/c1-25-19-37(54-55-42-26(2)34(23-49)44-50-35-8-3-4-9-38(35)58(44)46(42)60)39(67-17-6-18-69(61,62)63)22-36(25)53-57-47-51-43(29-14-16-32-28(20-29)11-12-30(24-59)41(32)48)45(68-47)56-52-31-15-13-27-7-5-10-40(33(27)21-31)70(64,65)66/h3-5,7-16,19-22,59-60H,6,17-18,24H2,1-2H3,(H,61,62,63)(H,64,65,66). The first-order valence-corrected chi connectivity index (χ1v) is 25.5. The Morgan fingerprint density at radius 1 is 0.814 bits per heavy atom. The van der Waals surface area contributed by atoms with Crippen LogP contribution >= 0.6 is 27.3 Å². The van der Waals surface area contributed by atoms with Crippen LogP contribution in [0.4, 0.5) is 32.9 Å². The third-order valence-corrected chi connectivity index (χ3v) is 14.5. The lowest BCUT2D eigenvalue weighted by molar-refractivity contribution is 0.281. The summed E-state index contributed by atoms with van der Waals surface area (Å²) in [5.74, 6) is -0.777. The van der Waals surface area contributed by atoms with E-state index < -0.39 is 26.0 Å². The van der Waals surface area contributed by atoms with Gasteiger partial charge < -0.3 is 14.9 Å². The molecule has 0 fully saturated rings. The minimum atomic E-state index is -4.55. The molecule has 23 heteroatoms. The lowest BCUT2D eigenvalue weighted by Crippen LogP contribution is -2.08.